The summed E-state index contributed by atoms with van der Waals surface area (Å²) < 4.78 is 25.4. The zero-order valence-corrected chi connectivity index (χ0v) is 18.1. The summed E-state index contributed by atoms with van der Waals surface area (Å²) in [7, 11) is -3.50. The van der Waals surface area contributed by atoms with Gasteiger partial charge in [0.25, 0.3) is 5.24 Å². The van der Waals surface area contributed by atoms with Gasteiger partial charge >= 0.3 is 0 Å². The molecule has 0 spiro atoms. The van der Waals surface area contributed by atoms with Crippen molar-refractivity contribution in [3.63, 3.8) is 0 Å². The Morgan fingerprint density at radius 1 is 1.04 bits per heavy atom. The third kappa shape index (κ3) is 4.53. The zero-order valence-electron chi connectivity index (χ0n) is 14.3. The first-order chi connectivity index (χ1) is 13.1. The lowest BCUT2D eigenvalue weighted by Gasteiger charge is -2.12. The Labute approximate surface area is 181 Å². The van der Waals surface area contributed by atoms with Gasteiger partial charge in [0.2, 0.25) is 0 Å². The fourth-order valence-corrected chi connectivity index (χ4v) is 4.30. The molecule has 0 fully saturated rings. The highest BCUT2D eigenvalue weighted by molar-refractivity contribution is 7.89. The van der Waals surface area contributed by atoms with Crippen LogP contribution < -0.4 is 0 Å². The largest absolute Gasteiger partial charge is 0.274 e. The number of hydrogen-bond donors (Lipinski definition) is 0. The van der Waals surface area contributed by atoms with Crippen LogP contribution in [-0.4, -0.2) is 29.7 Å². The van der Waals surface area contributed by atoms with Gasteiger partial charge in [0.05, 0.1) is 22.2 Å². The molecule has 1 heterocycles. The van der Waals surface area contributed by atoms with Crippen molar-refractivity contribution in [2.24, 2.45) is 0 Å². The van der Waals surface area contributed by atoms with Crippen LogP contribution in [0.25, 0.3) is 16.9 Å². The number of hydrogen-bond acceptors (Lipinski definition) is 4. The van der Waals surface area contributed by atoms with E-state index in [-0.39, 0.29) is 16.3 Å². The van der Waals surface area contributed by atoms with Crippen molar-refractivity contribution in [2.45, 2.75) is 5.75 Å². The molecule has 3 rings (SSSR count). The smallest absolute Gasteiger partial charge is 0.273 e. The summed E-state index contributed by atoms with van der Waals surface area (Å²) in [6.07, 6.45) is 1.06. The van der Waals surface area contributed by atoms with Crippen LogP contribution in [0.1, 0.15) is 16.1 Å². The van der Waals surface area contributed by atoms with E-state index in [1.54, 1.807) is 36.4 Å². The molecule has 0 saturated carbocycles. The van der Waals surface area contributed by atoms with Gasteiger partial charge in [-0.1, -0.05) is 46.9 Å². The molecule has 0 unspecified atom stereocenters. The minimum Gasteiger partial charge on any atom is -0.274 e. The maximum Gasteiger partial charge on any atom is 0.273 e. The highest BCUT2D eigenvalue weighted by Gasteiger charge is 2.27. The number of aromatic nitrogens is 2. The second-order valence-electron chi connectivity index (χ2n) is 6.03. The van der Waals surface area contributed by atoms with E-state index < -0.39 is 20.8 Å². The second kappa shape index (κ2) is 8.05. The van der Waals surface area contributed by atoms with Crippen molar-refractivity contribution in [3.05, 3.63) is 68.8 Å². The first kappa shape index (κ1) is 21.1. The van der Waals surface area contributed by atoms with Gasteiger partial charge in [0.15, 0.2) is 9.84 Å². The van der Waals surface area contributed by atoms with Crippen LogP contribution >= 0.6 is 46.4 Å². The van der Waals surface area contributed by atoms with Crippen LogP contribution in [-0.2, 0) is 15.6 Å². The predicted octanol–water partition coefficient (Wildman–Crippen LogP) is 5.42. The standard InChI is InChI=1S/C18H12Cl4N2O3S/c1-28(26,27)9-13-16(18(22)25)23-24(15-7-6-12(20)8-14(15)21)17(13)10-2-4-11(19)5-3-10/h2-8H,9H2,1H3. The number of halogens is 4. The Hall–Kier alpha value is -1.57. The molecule has 0 amide bonds. The lowest BCUT2D eigenvalue weighted by molar-refractivity contribution is 0.107. The Kier molecular flexibility index (Phi) is 6.08. The highest BCUT2D eigenvalue weighted by Crippen LogP contribution is 2.34. The molecule has 146 valence electrons. The van der Waals surface area contributed by atoms with Crippen LogP contribution in [0.5, 0.6) is 0 Å². The third-order valence-electron chi connectivity index (χ3n) is 3.83. The van der Waals surface area contributed by atoms with Crippen molar-refractivity contribution >= 4 is 61.5 Å². The molecule has 1 aromatic heterocycles. The van der Waals surface area contributed by atoms with Gasteiger partial charge in [-0.25, -0.2) is 13.1 Å². The summed E-state index contributed by atoms with van der Waals surface area (Å²) in [6.45, 7) is 0. The SMILES string of the molecule is CS(=O)(=O)Cc1c(C(=O)Cl)nn(-c2ccc(Cl)cc2Cl)c1-c1ccc(Cl)cc1. The van der Waals surface area contributed by atoms with Gasteiger partial charge in [-0.05, 0) is 41.9 Å². The monoisotopic (exact) mass is 476 g/mol. The molecule has 0 N–H and O–H groups in total. The Balaban J connectivity index is 2.39. The van der Waals surface area contributed by atoms with Crippen molar-refractivity contribution in [2.75, 3.05) is 6.26 Å². The number of nitrogens with zero attached hydrogens (tertiary/aromatic N) is 2. The first-order valence-corrected chi connectivity index (χ1v) is 11.3. The quantitative estimate of drug-likeness (QED) is 0.460. The molecule has 0 aliphatic carbocycles. The van der Waals surface area contributed by atoms with E-state index in [2.05, 4.69) is 5.10 Å². The molecule has 0 atom stereocenters. The second-order valence-corrected chi connectivity index (χ2v) is 9.80. The molecule has 0 aliphatic heterocycles. The zero-order chi connectivity index (χ0) is 20.6. The normalized spacial score (nSPS) is 11.6. The summed E-state index contributed by atoms with van der Waals surface area (Å²) in [5.74, 6) is -0.427. The van der Waals surface area contributed by atoms with Crippen LogP contribution in [0.2, 0.25) is 15.1 Å². The summed E-state index contributed by atoms with van der Waals surface area (Å²) in [6, 6.07) is 11.4. The number of carbonyl (C=O) groups excluding carboxylic acids is 1. The Bertz CT molecular complexity index is 1170. The maximum atomic E-state index is 12.0. The number of benzene rings is 2. The maximum absolute atomic E-state index is 12.0. The van der Waals surface area contributed by atoms with Crippen molar-refractivity contribution < 1.29 is 13.2 Å². The molecule has 10 heteroatoms. The lowest BCUT2D eigenvalue weighted by Crippen LogP contribution is -2.05. The van der Waals surface area contributed by atoms with Crippen LogP contribution in [0, 0.1) is 0 Å². The average Bonchev–Trinajstić information content (AvgIpc) is 2.93. The summed E-state index contributed by atoms with van der Waals surface area (Å²) in [5, 5.41) is 4.57. The van der Waals surface area contributed by atoms with Crippen LogP contribution in [0.15, 0.2) is 42.5 Å². The molecule has 0 saturated heterocycles. The van der Waals surface area contributed by atoms with Gasteiger partial charge in [-0.2, -0.15) is 5.10 Å². The number of carbonyl (C=O) groups is 1. The summed E-state index contributed by atoms with van der Waals surface area (Å²) in [4.78, 5) is 12.0. The van der Waals surface area contributed by atoms with Gasteiger partial charge in [-0.15, -0.1) is 0 Å². The highest BCUT2D eigenvalue weighted by atomic mass is 35.5. The fraction of sp³-hybridized carbons (Fsp3) is 0.111. The van der Waals surface area contributed by atoms with Gasteiger partial charge < -0.3 is 0 Å². The third-order valence-corrected chi connectivity index (χ3v) is 5.61. The van der Waals surface area contributed by atoms with E-state index in [1.165, 1.54) is 10.7 Å². The van der Waals surface area contributed by atoms with E-state index in [1.807, 2.05) is 0 Å². The molecular weight excluding hydrogens is 466 g/mol. The minimum atomic E-state index is -3.50. The fourth-order valence-electron chi connectivity index (χ4n) is 2.74. The minimum absolute atomic E-state index is 0.164. The predicted molar refractivity (Wildman–Crippen MR) is 113 cm³/mol. The van der Waals surface area contributed by atoms with E-state index in [9.17, 15) is 13.2 Å². The molecule has 5 nitrogen and oxygen atoms in total. The molecule has 0 bridgehead atoms. The lowest BCUT2D eigenvalue weighted by atomic mass is 10.1. The van der Waals surface area contributed by atoms with Crippen LogP contribution in [0.3, 0.4) is 0 Å². The summed E-state index contributed by atoms with van der Waals surface area (Å²) in [5.41, 5.74) is 1.38. The molecule has 3 aromatic rings. The Morgan fingerprint density at radius 2 is 1.64 bits per heavy atom. The van der Waals surface area contributed by atoms with Crippen molar-refractivity contribution in [3.8, 4) is 16.9 Å². The molecule has 2 aromatic carbocycles. The topological polar surface area (TPSA) is 69.0 Å². The molecule has 0 radical (unpaired) electrons. The van der Waals surface area contributed by atoms with Crippen molar-refractivity contribution in [1.29, 1.82) is 0 Å². The van der Waals surface area contributed by atoms with Gasteiger partial charge in [0.1, 0.15) is 5.69 Å². The first-order valence-electron chi connectivity index (χ1n) is 7.77. The average molecular weight is 478 g/mol. The van der Waals surface area contributed by atoms with E-state index in [0.717, 1.165) is 6.26 Å². The number of rotatable bonds is 5. The summed E-state index contributed by atoms with van der Waals surface area (Å²) >= 11 is 24.0. The van der Waals surface area contributed by atoms with Crippen molar-refractivity contribution in [1.82, 2.24) is 9.78 Å². The van der Waals surface area contributed by atoms with Gasteiger partial charge in [-0.3, -0.25) is 4.79 Å². The molecule has 0 aliphatic rings. The van der Waals surface area contributed by atoms with Gasteiger partial charge in [0, 0.05) is 27.4 Å². The molecule has 28 heavy (non-hydrogen) atoms. The van der Waals surface area contributed by atoms with E-state index >= 15 is 0 Å². The molecular formula is C18H12Cl4N2O3S. The van der Waals surface area contributed by atoms with Crippen LogP contribution in [0.4, 0.5) is 0 Å². The Morgan fingerprint density at radius 3 is 2.18 bits per heavy atom. The van der Waals surface area contributed by atoms with E-state index in [0.29, 0.717) is 27.0 Å². The number of sulfone groups is 1. The van der Waals surface area contributed by atoms with E-state index in [4.69, 9.17) is 46.4 Å².